The average Bonchev–Trinajstić information content (AvgIpc) is 2.43. The molecule has 2 rings (SSSR count). The molecule has 1 aliphatic heterocycles. The lowest BCUT2D eigenvalue weighted by atomic mass is 9.71. The fraction of sp³-hybridized carbons (Fsp3) is 1.00. The Bertz CT molecular complexity index is 271. The molecular formula is C17H34N2. The van der Waals surface area contributed by atoms with Crippen molar-refractivity contribution < 1.29 is 0 Å². The van der Waals surface area contributed by atoms with Crippen LogP contribution in [0.25, 0.3) is 0 Å². The van der Waals surface area contributed by atoms with Crippen molar-refractivity contribution in [3.05, 3.63) is 0 Å². The lowest BCUT2D eigenvalue weighted by Gasteiger charge is -2.50. The molecule has 112 valence electrons. The van der Waals surface area contributed by atoms with Gasteiger partial charge in [0.1, 0.15) is 0 Å². The summed E-state index contributed by atoms with van der Waals surface area (Å²) in [5, 5.41) is 0. The van der Waals surface area contributed by atoms with Gasteiger partial charge in [0, 0.05) is 12.1 Å². The second-order valence-electron chi connectivity index (χ2n) is 7.40. The molecule has 0 aromatic rings. The molecular weight excluding hydrogens is 232 g/mol. The Morgan fingerprint density at radius 3 is 2.11 bits per heavy atom. The van der Waals surface area contributed by atoms with E-state index < -0.39 is 0 Å². The Balaban J connectivity index is 1.93. The first kappa shape index (κ1) is 15.3. The highest BCUT2D eigenvalue weighted by Gasteiger charge is 2.40. The smallest absolute Gasteiger partial charge is 0.0306 e. The molecule has 2 heteroatoms. The fourth-order valence-electron chi connectivity index (χ4n) is 4.14. The third-order valence-electron chi connectivity index (χ3n) is 6.48. The van der Waals surface area contributed by atoms with E-state index in [2.05, 4.69) is 25.7 Å². The van der Waals surface area contributed by atoms with Gasteiger partial charge in [-0.3, -0.25) is 4.90 Å². The van der Waals surface area contributed by atoms with Crippen molar-refractivity contribution in [2.45, 2.75) is 77.7 Å². The number of piperidine rings is 1. The zero-order chi connectivity index (χ0) is 13.9. The highest BCUT2D eigenvalue weighted by molar-refractivity contribution is 4.95. The standard InChI is InChI=1S/C17H34N2/c1-4-17(5-2)9-11-19(12-10-17)16(3,14-18)13-15-7-6-8-15/h15H,4-14,18H2,1-3H3. The number of hydrogen-bond donors (Lipinski definition) is 1. The van der Waals surface area contributed by atoms with Crippen molar-refractivity contribution >= 4 is 0 Å². The highest BCUT2D eigenvalue weighted by atomic mass is 15.2. The Morgan fingerprint density at radius 2 is 1.74 bits per heavy atom. The van der Waals surface area contributed by atoms with Crippen molar-refractivity contribution in [2.75, 3.05) is 19.6 Å². The molecule has 0 bridgehead atoms. The minimum Gasteiger partial charge on any atom is -0.329 e. The lowest BCUT2D eigenvalue weighted by molar-refractivity contribution is 0.00602. The van der Waals surface area contributed by atoms with Crippen molar-refractivity contribution in [2.24, 2.45) is 17.1 Å². The maximum absolute atomic E-state index is 6.16. The van der Waals surface area contributed by atoms with Crippen molar-refractivity contribution in [3.63, 3.8) is 0 Å². The molecule has 2 fully saturated rings. The van der Waals surface area contributed by atoms with Gasteiger partial charge in [-0.2, -0.15) is 0 Å². The number of rotatable bonds is 6. The first-order valence-electron chi connectivity index (χ1n) is 8.52. The van der Waals surface area contributed by atoms with Gasteiger partial charge in [0.25, 0.3) is 0 Å². The van der Waals surface area contributed by atoms with Crippen LogP contribution in [0.15, 0.2) is 0 Å². The summed E-state index contributed by atoms with van der Waals surface area (Å²) in [7, 11) is 0. The molecule has 2 N–H and O–H groups in total. The van der Waals surface area contributed by atoms with E-state index in [-0.39, 0.29) is 5.54 Å². The van der Waals surface area contributed by atoms with Gasteiger partial charge in [0.05, 0.1) is 0 Å². The molecule has 0 amide bonds. The molecule has 1 atom stereocenters. The van der Waals surface area contributed by atoms with Crippen LogP contribution in [0.2, 0.25) is 0 Å². The second-order valence-corrected chi connectivity index (χ2v) is 7.40. The molecule has 0 aromatic heterocycles. The summed E-state index contributed by atoms with van der Waals surface area (Å²) >= 11 is 0. The first-order valence-corrected chi connectivity index (χ1v) is 8.52. The Hall–Kier alpha value is -0.0800. The molecule has 1 saturated carbocycles. The minimum absolute atomic E-state index is 0.263. The monoisotopic (exact) mass is 266 g/mol. The molecule has 1 unspecified atom stereocenters. The quantitative estimate of drug-likeness (QED) is 0.792. The van der Waals surface area contributed by atoms with Crippen LogP contribution in [0.3, 0.4) is 0 Å². The molecule has 0 spiro atoms. The summed E-state index contributed by atoms with van der Waals surface area (Å²) in [5.41, 5.74) is 7.05. The third kappa shape index (κ3) is 3.16. The van der Waals surface area contributed by atoms with Gasteiger partial charge >= 0.3 is 0 Å². The van der Waals surface area contributed by atoms with E-state index in [9.17, 15) is 0 Å². The molecule has 19 heavy (non-hydrogen) atoms. The molecule has 1 aliphatic carbocycles. The average molecular weight is 266 g/mol. The zero-order valence-corrected chi connectivity index (χ0v) is 13.4. The molecule has 0 radical (unpaired) electrons. The second kappa shape index (κ2) is 6.13. The van der Waals surface area contributed by atoms with Gasteiger partial charge < -0.3 is 5.73 Å². The predicted molar refractivity (Wildman–Crippen MR) is 83.2 cm³/mol. The highest BCUT2D eigenvalue weighted by Crippen LogP contribution is 2.42. The Morgan fingerprint density at radius 1 is 1.16 bits per heavy atom. The van der Waals surface area contributed by atoms with Crippen molar-refractivity contribution in [1.29, 1.82) is 0 Å². The summed E-state index contributed by atoms with van der Waals surface area (Å²) in [6.07, 6.45) is 11.1. The summed E-state index contributed by atoms with van der Waals surface area (Å²) in [6, 6.07) is 0. The van der Waals surface area contributed by atoms with Gasteiger partial charge in [0.15, 0.2) is 0 Å². The first-order chi connectivity index (χ1) is 9.07. The van der Waals surface area contributed by atoms with Crippen LogP contribution in [-0.2, 0) is 0 Å². The minimum atomic E-state index is 0.263. The summed E-state index contributed by atoms with van der Waals surface area (Å²) in [5.74, 6) is 0.956. The molecule has 2 aliphatic rings. The van der Waals surface area contributed by atoms with Gasteiger partial charge in [-0.25, -0.2) is 0 Å². The summed E-state index contributed by atoms with van der Waals surface area (Å²) < 4.78 is 0. The van der Waals surface area contributed by atoms with Crippen LogP contribution >= 0.6 is 0 Å². The Labute approximate surface area is 120 Å². The maximum Gasteiger partial charge on any atom is 0.0306 e. The fourth-order valence-corrected chi connectivity index (χ4v) is 4.14. The van der Waals surface area contributed by atoms with Gasteiger partial charge in [-0.05, 0) is 50.6 Å². The van der Waals surface area contributed by atoms with Crippen LogP contribution in [0.4, 0.5) is 0 Å². The van der Waals surface area contributed by atoms with Crippen molar-refractivity contribution in [3.8, 4) is 0 Å². The number of likely N-dealkylation sites (tertiary alicyclic amines) is 1. The number of hydrogen-bond acceptors (Lipinski definition) is 2. The van der Waals surface area contributed by atoms with E-state index in [0.29, 0.717) is 5.41 Å². The lowest BCUT2D eigenvalue weighted by Crippen LogP contribution is -2.56. The van der Waals surface area contributed by atoms with Crippen LogP contribution in [-0.4, -0.2) is 30.1 Å². The van der Waals surface area contributed by atoms with E-state index >= 15 is 0 Å². The zero-order valence-electron chi connectivity index (χ0n) is 13.4. The summed E-state index contributed by atoms with van der Waals surface area (Å²) in [4.78, 5) is 2.72. The normalized spacial score (nSPS) is 27.8. The maximum atomic E-state index is 6.16. The number of nitrogens with zero attached hydrogens (tertiary/aromatic N) is 1. The van der Waals surface area contributed by atoms with Crippen LogP contribution in [0.5, 0.6) is 0 Å². The van der Waals surface area contributed by atoms with E-state index in [4.69, 9.17) is 5.73 Å². The van der Waals surface area contributed by atoms with Crippen LogP contribution in [0, 0.1) is 11.3 Å². The van der Waals surface area contributed by atoms with Crippen molar-refractivity contribution in [1.82, 2.24) is 4.90 Å². The molecule has 1 heterocycles. The largest absolute Gasteiger partial charge is 0.329 e. The number of nitrogens with two attached hydrogens (primary N) is 1. The van der Waals surface area contributed by atoms with E-state index in [0.717, 1.165) is 12.5 Å². The topological polar surface area (TPSA) is 29.3 Å². The molecule has 0 aromatic carbocycles. The van der Waals surface area contributed by atoms with E-state index in [1.165, 1.54) is 64.5 Å². The molecule has 1 saturated heterocycles. The van der Waals surface area contributed by atoms with E-state index in [1.807, 2.05) is 0 Å². The molecule has 2 nitrogen and oxygen atoms in total. The summed E-state index contributed by atoms with van der Waals surface area (Å²) in [6.45, 7) is 10.5. The van der Waals surface area contributed by atoms with E-state index in [1.54, 1.807) is 0 Å². The SMILES string of the molecule is CCC1(CC)CCN(C(C)(CN)CC2CCC2)CC1. The Kier molecular flexibility index (Phi) is 4.94. The predicted octanol–water partition coefficient (Wildman–Crippen LogP) is 3.80. The van der Waals surface area contributed by atoms with Gasteiger partial charge in [-0.1, -0.05) is 46.0 Å². The van der Waals surface area contributed by atoms with Gasteiger partial charge in [-0.15, -0.1) is 0 Å². The van der Waals surface area contributed by atoms with Gasteiger partial charge in [0.2, 0.25) is 0 Å². The van der Waals surface area contributed by atoms with Crippen LogP contribution in [0.1, 0.15) is 72.1 Å². The van der Waals surface area contributed by atoms with Crippen LogP contribution < -0.4 is 5.73 Å². The third-order valence-corrected chi connectivity index (χ3v) is 6.48.